The second kappa shape index (κ2) is 7.93. The molecule has 146 valence electrons. The summed E-state index contributed by atoms with van der Waals surface area (Å²) in [6, 6.07) is 10.3. The highest BCUT2D eigenvalue weighted by molar-refractivity contribution is 7.92. The number of non-ortho nitro benzene ring substituents is 1. The van der Waals surface area contributed by atoms with Gasteiger partial charge < -0.3 is 10.4 Å². The highest BCUT2D eigenvalue weighted by Crippen LogP contribution is 2.30. The van der Waals surface area contributed by atoms with E-state index >= 15 is 0 Å². The van der Waals surface area contributed by atoms with Crippen LogP contribution in [0.4, 0.5) is 17.1 Å². The minimum Gasteiger partial charge on any atom is -0.395 e. The largest absolute Gasteiger partial charge is 0.395 e. The Morgan fingerprint density at radius 1 is 1.07 bits per heavy atom. The SMILES string of the molecule is CC(C)(C)c1ccc(S(=O)(=O)Nc2cc([N+](=O)[O-])ccc2NCCO)cc1. The molecule has 3 N–H and O–H groups in total. The molecule has 0 fully saturated rings. The molecule has 0 bridgehead atoms. The maximum absolute atomic E-state index is 12.7. The highest BCUT2D eigenvalue weighted by atomic mass is 32.2. The summed E-state index contributed by atoms with van der Waals surface area (Å²) in [6.45, 7) is 6.08. The Kier molecular flexibility index (Phi) is 6.07. The van der Waals surface area contributed by atoms with Gasteiger partial charge in [-0.2, -0.15) is 0 Å². The Morgan fingerprint density at radius 2 is 1.70 bits per heavy atom. The highest BCUT2D eigenvalue weighted by Gasteiger charge is 2.20. The minimum absolute atomic E-state index is 0.0394. The summed E-state index contributed by atoms with van der Waals surface area (Å²) >= 11 is 0. The first-order valence-corrected chi connectivity index (χ1v) is 9.79. The molecule has 2 rings (SSSR count). The van der Waals surface area contributed by atoms with Crippen molar-refractivity contribution >= 4 is 27.1 Å². The van der Waals surface area contributed by atoms with Crippen LogP contribution in [0.3, 0.4) is 0 Å². The van der Waals surface area contributed by atoms with Gasteiger partial charge >= 0.3 is 0 Å². The molecular weight excluding hydrogens is 370 g/mol. The van der Waals surface area contributed by atoms with Crippen LogP contribution < -0.4 is 10.0 Å². The lowest BCUT2D eigenvalue weighted by Gasteiger charge is -2.19. The number of rotatable bonds is 7. The third-order valence-corrected chi connectivity index (χ3v) is 5.30. The Labute approximate surface area is 158 Å². The Balaban J connectivity index is 2.38. The first kappa shape index (κ1) is 20.7. The molecule has 0 aliphatic carbocycles. The lowest BCUT2D eigenvalue weighted by atomic mass is 9.87. The van der Waals surface area contributed by atoms with Gasteiger partial charge in [0.1, 0.15) is 0 Å². The lowest BCUT2D eigenvalue weighted by Crippen LogP contribution is -2.16. The van der Waals surface area contributed by atoms with Crippen molar-refractivity contribution in [3.63, 3.8) is 0 Å². The summed E-state index contributed by atoms with van der Waals surface area (Å²) in [6.07, 6.45) is 0. The zero-order valence-electron chi connectivity index (χ0n) is 15.4. The first-order valence-electron chi connectivity index (χ1n) is 8.31. The molecule has 0 aliphatic rings. The maximum atomic E-state index is 12.7. The normalized spacial score (nSPS) is 11.9. The van der Waals surface area contributed by atoms with E-state index < -0.39 is 14.9 Å². The fraction of sp³-hybridized carbons (Fsp3) is 0.333. The van der Waals surface area contributed by atoms with Crippen molar-refractivity contribution in [2.45, 2.75) is 31.1 Å². The fourth-order valence-corrected chi connectivity index (χ4v) is 3.48. The van der Waals surface area contributed by atoms with Crippen LogP contribution >= 0.6 is 0 Å². The quantitative estimate of drug-likeness (QED) is 0.491. The third-order valence-electron chi connectivity index (χ3n) is 3.92. The molecule has 0 saturated carbocycles. The van der Waals surface area contributed by atoms with Crippen molar-refractivity contribution in [2.75, 3.05) is 23.2 Å². The molecule has 0 aliphatic heterocycles. The van der Waals surface area contributed by atoms with Gasteiger partial charge in [-0.25, -0.2) is 8.42 Å². The number of hydrogen-bond donors (Lipinski definition) is 3. The molecule has 8 nitrogen and oxygen atoms in total. The average Bonchev–Trinajstić information content (AvgIpc) is 2.59. The second-order valence-corrected chi connectivity index (χ2v) is 8.70. The van der Waals surface area contributed by atoms with Crippen LogP contribution in [0.5, 0.6) is 0 Å². The van der Waals surface area contributed by atoms with E-state index in [1.54, 1.807) is 12.1 Å². The van der Waals surface area contributed by atoms with Crippen molar-refractivity contribution in [1.82, 2.24) is 0 Å². The molecule has 0 unspecified atom stereocenters. The zero-order chi connectivity index (χ0) is 20.2. The van der Waals surface area contributed by atoms with Gasteiger partial charge in [0.15, 0.2) is 0 Å². The van der Waals surface area contributed by atoms with Gasteiger partial charge in [-0.1, -0.05) is 32.9 Å². The second-order valence-electron chi connectivity index (χ2n) is 7.02. The Hall–Kier alpha value is -2.65. The molecule has 0 radical (unpaired) electrons. The van der Waals surface area contributed by atoms with E-state index in [2.05, 4.69) is 10.0 Å². The zero-order valence-corrected chi connectivity index (χ0v) is 16.2. The third kappa shape index (κ3) is 5.18. The number of nitro groups is 1. The fourth-order valence-electron chi connectivity index (χ4n) is 2.41. The maximum Gasteiger partial charge on any atom is 0.271 e. The minimum atomic E-state index is -3.94. The number of anilines is 2. The van der Waals surface area contributed by atoms with E-state index in [0.29, 0.717) is 5.69 Å². The number of nitro benzene ring substituents is 1. The number of aliphatic hydroxyl groups is 1. The number of sulfonamides is 1. The van der Waals surface area contributed by atoms with Crippen LogP contribution in [0.25, 0.3) is 0 Å². The summed E-state index contributed by atoms with van der Waals surface area (Å²) < 4.78 is 27.8. The molecule has 2 aromatic carbocycles. The van der Waals surface area contributed by atoms with Crippen molar-refractivity contribution in [3.05, 3.63) is 58.1 Å². The molecule has 27 heavy (non-hydrogen) atoms. The van der Waals surface area contributed by atoms with Gasteiger partial charge in [-0.3, -0.25) is 14.8 Å². The lowest BCUT2D eigenvalue weighted by molar-refractivity contribution is -0.384. The van der Waals surface area contributed by atoms with Crippen LogP contribution in [0.15, 0.2) is 47.4 Å². The Morgan fingerprint density at radius 3 is 2.22 bits per heavy atom. The van der Waals surface area contributed by atoms with Crippen LogP contribution in [-0.2, 0) is 15.4 Å². The summed E-state index contributed by atoms with van der Waals surface area (Å²) in [5.41, 5.74) is 1.01. The predicted octanol–water partition coefficient (Wildman–Crippen LogP) is 3.10. The summed E-state index contributed by atoms with van der Waals surface area (Å²) in [7, 11) is -3.94. The van der Waals surface area contributed by atoms with Crippen LogP contribution in [0, 0.1) is 10.1 Å². The van der Waals surface area contributed by atoms with E-state index in [1.807, 2.05) is 20.8 Å². The standard InChI is InChI=1S/C18H23N3O5S/c1-18(2,3)13-4-7-15(8-5-13)27(25,26)20-17-12-14(21(23)24)6-9-16(17)19-10-11-22/h4-9,12,19-20,22H,10-11H2,1-3H3. The van der Waals surface area contributed by atoms with E-state index in [-0.39, 0.29) is 34.8 Å². The number of aliphatic hydroxyl groups excluding tert-OH is 1. The van der Waals surface area contributed by atoms with Crippen molar-refractivity contribution in [3.8, 4) is 0 Å². The Bertz CT molecular complexity index is 919. The van der Waals surface area contributed by atoms with Gasteiger partial charge in [0.25, 0.3) is 15.7 Å². The number of nitrogens with zero attached hydrogens (tertiary/aromatic N) is 1. The molecule has 0 spiro atoms. The summed E-state index contributed by atoms with van der Waals surface area (Å²) in [5, 5.41) is 22.8. The summed E-state index contributed by atoms with van der Waals surface area (Å²) in [4.78, 5) is 10.5. The molecular formula is C18H23N3O5S. The van der Waals surface area contributed by atoms with Gasteiger partial charge in [0.2, 0.25) is 0 Å². The summed E-state index contributed by atoms with van der Waals surface area (Å²) in [5.74, 6) is 0. The number of hydrogen-bond acceptors (Lipinski definition) is 6. The van der Waals surface area contributed by atoms with E-state index in [0.717, 1.165) is 11.6 Å². The van der Waals surface area contributed by atoms with Crippen LogP contribution in [-0.4, -0.2) is 31.6 Å². The van der Waals surface area contributed by atoms with E-state index in [4.69, 9.17) is 5.11 Å². The smallest absolute Gasteiger partial charge is 0.271 e. The van der Waals surface area contributed by atoms with E-state index in [1.165, 1.54) is 24.3 Å². The molecule has 0 atom stereocenters. The first-order chi connectivity index (χ1) is 12.5. The molecule has 2 aromatic rings. The van der Waals surface area contributed by atoms with Gasteiger partial charge in [0, 0.05) is 18.7 Å². The molecule has 0 saturated heterocycles. The van der Waals surface area contributed by atoms with Gasteiger partial charge in [0.05, 0.1) is 27.8 Å². The van der Waals surface area contributed by atoms with Crippen molar-refractivity contribution in [2.24, 2.45) is 0 Å². The molecule has 0 aromatic heterocycles. The number of nitrogens with one attached hydrogen (secondary N) is 2. The topological polar surface area (TPSA) is 122 Å². The van der Waals surface area contributed by atoms with Crippen LogP contribution in [0.1, 0.15) is 26.3 Å². The predicted molar refractivity (Wildman–Crippen MR) is 105 cm³/mol. The van der Waals surface area contributed by atoms with Gasteiger partial charge in [-0.15, -0.1) is 0 Å². The monoisotopic (exact) mass is 393 g/mol. The molecule has 9 heteroatoms. The van der Waals surface area contributed by atoms with Gasteiger partial charge in [-0.05, 0) is 29.2 Å². The average molecular weight is 393 g/mol. The van der Waals surface area contributed by atoms with Crippen molar-refractivity contribution in [1.29, 1.82) is 0 Å². The number of benzene rings is 2. The van der Waals surface area contributed by atoms with Crippen LogP contribution in [0.2, 0.25) is 0 Å². The molecule has 0 heterocycles. The van der Waals surface area contributed by atoms with Crippen molar-refractivity contribution < 1.29 is 18.4 Å². The molecule has 0 amide bonds. The van der Waals surface area contributed by atoms with E-state index in [9.17, 15) is 18.5 Å².